The van der Waals surface area contributed by atoms with E-state index in [2.05, 4.69) is 26.6 Å². The molecule has 0 bridgehead atoms. The quantitative estimate of drug-likeness (QED) is 0.559. The second-order valence-corrected chi connectivity index (χ2v) is 4.70. The minimum atomic E-state index is 0.587. The van der Waals surface area contributed by atoms with Crippen LogP contribution >= 0.6 is 0 Å². The number of aromatic nitrogens is 4. The highest BCUT2D eigenvalue weighted by molar-refractivity contribution is 5.81. The number of nitrogens with two attached hydrogens (primary N) is 1. The van der Waals surface area contributed by atoms with Crippen LogP contribution < -0.4 is 11.3 Å². The van der Waals surface area contributed by atoms with Gasteiger partial charge in [0, 0.05) is 10.9 Å². The number of hydrogen-bond donors (Lipinski definition) is 2. The van der Waals surface area contributed by atoms with Crippen LogP contribution in [0.25, 0.3) is 10.9 Å². The van der Waals surface area contributed by atoms with Gasteiger partial charge in [0.05, 0.1) is 12.1 Å². The molecule has 0 radical (unpaired) electrons. The van der Waals surface area contributed by atoms with Crippen LogP contribution in [0.1, 0.15) is 17.2 Å². The molecule has 1 aromatic carbocycles. The van der Waals surface area contributed by atoms with Crippen molar-refractivity contribution in [3.8, 4) is 0 Å². The topological polar surface area (TPSA) is 81.7 Å². The molecule has 6 nitrogen and oxygen atoms in total. The van der Waals surface area contributed by atoms with Gasteiger partial charge in [0.1, 0.15) is 17.5 Å². The number of nitrogens with one attached hydrogen (secondary N) is 1. The fourth-order valence-electron chi connectivity index (χ4n) is 2.28. The van der Waals surface area contributed by atoms with Crippen LogP contribution in [-0.4, -0.2) is 19.7 Å². The van der Waals surface area contributed by atoms with Crippen molar-refractivity contribution in [1.82, 2.24) is 19.7 Å². The number of anilines is 1. The Morgan fingerprint density at radius 2 is 2.00 bits per heavy atom. The van der Waals surface area contributed by atoms with Crippen LogP contribution in [-0.2, 0) is 6.54 Å². The first-order chi connectivity index (χ1) is 9.67. The Morgan fingerprint density at radius 3 is 2.70 bits per heavy atom. The SMILES string of the molecule is Cc1nc(C)n(Cc2cc3ccccc3nc2NN)n1. The zero-order valence-corrected chi connectivity index (χ0v) is 11.5. The lowest BCUT2D eigenvalue weighted by atomic mass is 10.1. The summed E-state index contributed by atoms with van der Waals surface area (Å²) in [6, 6.07) is 10.0. The molecule has 2 heterocycles. The predicted molar refractivity (Wildman–Crippen MR) is 78.2 cm³/mol. The van der Waals surface area contributed by atoms with Gasteiger partial charge in [-0.05, 0) is 26.0 Å². The Morgan fingerprint density at radius 1 is 1.20 bits per heavy atom. The Kier molecular flexibility index (Phi) is 3.08. The van der Waals surface area contributed by atoms with E-state index in [1.807, 2.05) is 42.8 Å². The van der Waals surface area contributed by atoms with E-state index >= 15 is 0 Å². The monoisotopic (exact) mass is 268 g/mol. The molecule has 0 saturated heterocycles. The van der Waals surface area contributed by atoms with E-state index in [-0.39, 0.29) is 0 Å². The van der Waals surface area contributed by atoms with E-state index in [4.69, 9.17) is 5.84 Å². The van der Waals surface area contributed by atoms with Gasteiger partial charge in [0.25, 0.3) is 0 Å². The summed E-state index contributed by atoms with van der Waals surface area (Å²) in [4.78, 5) is 8.83. The lowest BCUT2D eigenvalue weighted by Gasteiger charge is -2.10. The number of benzene rings is 1. The number of hydrazine groups is 1. The van der Waals surface area contributed by atoms with E-state index in [9.17, 15) is 0 Å². The third kappa shape index (κ3) is 2.21. The summed E-state index contributed by atoms with van der Waals surface area (Å²) >= 11 is 0. The van der Waals surface area contributed by atoms with Gasteiger partial charge in [0.2, 0.25) is 0 Å². The molecule has 0 saturated carbocycles. The van der Waals surface area contributed by atoms with Crippen molar-refractivity contribution in [2.75, 3.05) is 5.43 Å². The molecule has 0 spiro atoms. The number of aryl methyl sites for hydroxylation is 2. The summed E-state index contributed by atoms with van der Waals surface area (Å²) in [6.07, 6.45) is 0. The largest absolute Gasteiger partial charge is 0.308 e. The normalized spacial score (nSPS) is 10.9. The molecule has 3 N–H and O–H groups in total. The molecule has 0 aliphatic carbocycles. The van der Waals surface area contributed by atoms with Crippen LogP contribution in [0.15, 0.2) is 30.3 Å². The van der Waals surface area contributed by atoms with Crippen molar-refractivity contribution >= 4 is 16.7 Å². The Hall–Kier alpha value is -2.47. The maximum absolute atomic E-state index is 5.58. The number of rotatable bonds is 3. The van der Waals surface area contributed by atoms with Gasteiger partial charge < -0.3 is 5.43 Å². The average Bonchev–Trinajstić information content (AvgIpc) is 2.76. The molecule has 0 amide bonds. The van der Waals surface area contributed by atoms with Crippen molar-refractivity contribution in [1.29, 1.82) is 0 Å². The standard InChI is InChI=1S/C14H16N6/c1-9-16-10(2)20(19-9)8-12-7-11-5-3-4-6-13(11)17-14(12)18-15/h3-7H,8,15H2,1-2H3,(H,17,18). The molecule has 102 valence electrons. The van der Waals surface area contributed by atoms with E-state index in [0.29, 0.717) is 12.4 Å². The number of para-hydroxylation sites is 1. The zero-order chi connectivity index (χ0) is 14.1. The van der Waals surface area contributed by atoms with Crippen LogP contribution in [0.4, 0.5) is 5.82 Å². The smallest absolute Gasteiger partial charge is 0.147 e. The molecule has 3 rings (SSSR count). The first-order valence-electron chi connectivity index (χ1n) is 6.40. The molecular weight excluding hydrogens is 252 g/mol. The van der Waals surface area contributed by atoms with Crippen LogP contribution in [0.5, 0.6) is 0 Å². The summed E-state index contributed by atoms with van der Waals surface area (Å²) in [5, 5.41) is 5.45. The summed E-state index contributed by atoms with van der Waals surface area (Å²) < 4.78 is 1.85. The number of pyridine rings is 1. The second-order valence-electron chi connectivity index (χ2n) is 4.70. The molecule has 6 heteroatoms. The minimum Gasteiger partial charge on any atom is -0.308 e. The Balaban J connectivity index is 2.07. The van der Waals surface area contributed by atoms with Crippen molar-refractivity contribution in [3.63, 3.8) is 0 Å². The van der Waals surface area contributed by atoms with Gasteiger partial charge in [-0.25, -0.2) is 20.5 Å². The maximum Gasteiger partial charge on any atom is 0.147 e. The molecule has 2 aromatic heterocycles. The van der Waals surface area contributed by atoms with Gasteiger partial charge in [-0.3, -0.25) is 0 Å². The average molecular weight is 268 g/mol. The molecule has 20 heavy (non-hydrogen) atoms. The number of nitrogens with zero attached hydrogens (tertiary/aromatic N) is 4. The fourth-order valence-corrected chi connectivity index (χ4v) is 2.28. The summed E-state index contributed by atoms with van der Waals surface area (Å²) in [5.74, 6) is 7.88. The first-order valence-corrected chi connectivity index (χ1v) is 6.40. The maximum atomic E-state index is 5.58. The number of nitrogen functional groups attached to an aromatic ring is 1. The number of fused-ring (bicyclic) bond motifs is 1. The highest BCUT2D eigenvalue weighted by atomic mass is 15.3. The second kappa shape index (κ2) is 4.90. The third-order valence-corrected chi connectivity index (χ3v) is 3.22. The number of hydrogen-bond acceptors (Lipinski definition) is 5. The summed E-state index contributed by atoms with van der Waals surface area (Å²) in [7, 11) is 0. The van der Waals surface area contributed by atoms with Crippen LogP contribution in [0.2, 0.25) is 0 Å². The lowest BCUT2D eigenvalue weighted by Crippen LogP contribution is -2.14. The zero-order valence-electron chi connectivity index (χ0n) is 11.5. The Labute approximate surface area is 116 Å². The minimum absolute atomic E-state index is 0.587. The van der Waals surface area contributed by atoms with Crippen molar-refractivity contribution < 1.29 is 0 Å². The van der Waals surface area contributed by atoms with Gasteiger partial charge >= 0.3 is 0 Å². The molecule has 0 aliphatic rings. The highest BCUT2D eigenvalue weighted by Gasteiger charge is 2.09. The third-order valence-electron chi connectivity index (χ3n) is 3.22. The predicted octanol–water partition coefficient (Wildman–Crippen LogP) is 1.78. The first kappa shape index (κ1) is 12.6. The highest BCUT2D eigenvalue weighted by Crippen LogP contribution is 2.20. The molecular formula is C14H16N6. The van der Waals surface area contributed by atoms with E-state index in [0.717, 1.165) is 28.1 Å². The van der Waals surface area contributed by atoms with Crippen molar-refractivity contribution in [3.05, 3.63) is 47.5 Å². The van der Waals surface area contributed by atoms with Crippen molar-refractivity contribution in [2.24, 2.45) is 5.84 Å². The van der Waals surface area contributed by atoms with Crippen molar-refractivity contribution in [2.45, 2.75) is 20.4 Å². The molecule has 0 aliphatic heterocycles. The van der Waals surface area contributed by atoms with E-state index in [1.165, 1.54) is 0 Å². The molecule has 0 fully saturated rings. The van der Waals surface area contributed by atoms with Crippen LogP contribution in [0.3, 0.4) is 0 Å². The molecule has 0 atom stereocenters. The lowest BCUT2D eigenvalue weighted by molar-refractivity contribution is 0.656. The summed E-state index contributed by atoms with van der Waals surface area (Å²) in [5.41, 5.74) is 4.56. The summed E-state index contributed by atoms with van der Waals surface area (Å²) in [6.45, 7) is 4.40. The molecule has 3 aromatic rings. The fraction of sp³-hybridized carbons (Fsp3) is 0.214. The van der Waals surface area contributed by atoms with Gasteiger partial charge in [-0.15, -0.1) is 0 Å². The Bertz CT molecular complexity index is 761. The van der Waals surface area contributed by atoms with Gasteiger partial charge in [0.15, 0.2) is 0 Å². The van der Waals surface area contributed by atoms with E-state index in [1.54, 1.807) is 0 Å². The van der Waals surface area contributed by atoms with Gasteiger partial charge in [-0.1, -0.05) is 18.2 Å². The molecule has 0 unspecified atom stereocenters. The van der Waals surface area contributed by atoms with Crippen LogP contribution in [0, 0.1) is 13.8 Å². The van der Waals surface area contributed by atoms with Gasteiger partial charge in [-0.2, -0.15) is 5.10 Å². The van der Waals surface area contributed by atoms with E-state index < -0.39 is 0 Å².